The van der Waals surface area contributed by atoms with Gasteiger partial charge in [-0.25, -0.2) is 0 Å². The molecule has 4 heteroatoms. The number of pyridine rings is 1. The Bertz CT molecular complexity index is 344. The first-order valence-corrected chi connectivity index (χ1v) is 4.94. The van der Waals surface area contributed by atoms with Crippen molar-refractivity contribution >= 4 is 17.3 Å². The van der Waals surface area contributed by atoms with Crippen LogP contribution in [0.5, 0.6) is 0 Å². The van der Waals surface area contributed by atoms with Crippen LogP contribution < -0.4 is 5.32 Å². The molecular formula is C10H12ClN3. The molecule has 0 aliphatic heterocycles. The molecule has 0 unspecified atom stereocenters. The van der Waals surface area contributed by atoms with E-state index in [2.05, 4.69) is 23.3 Å². The fourth-order valence-electron chi connectivity index (χ4n) is 1.08. The number of hydrogen-bond donors (Lipinski definition) is 1. The third kappa shape index (κ3) is 2.61. The lowest BCUT2D eigenvalue weighted by atomic mass is 10.2. The van der Waals surface area contributed by atoms with Gasteiger partial charge in [-0.15, -0.1) is 0 Å². The average molecular weight is 210 g/mol. The monoisotopic (exact) mass is 209 g/mol. The quantitative estimate of drug-likeness (QED) is 0.776. The van der Waals surface area contributed by atoms with Crippen molar-refractivity contribution in [2.75, 3.05) is 11.9 Å². The van der Waals surface area contributed by atoms with Crippen LogP contribution in [0.1, 0.15) is 25.3 Å². The molecule has 14 heavy (non-hydrogen) atoms. The van der Waals surface area contributed by atoms with Crippen LogP contribution in [0.15, 0.2) is 12.4 Å². The molecule has 1 aromatic heterocycles. The molecule has 0 atom stereocenters. The Labute approximate surface area is 88.7 Å². The summed E-state index contributed by atoms with van der Waals surface area (Å²) in [5.41, 5.74) is 1.19. The van der Waals surface area contributed by atoms with E-state index in [1.54, 1.807) is 6.20 Å². The van der Waals surface area contributed by atoms with Crippen LogP contribution in [0, 0.1) is 11.3 Å². The summed E-state index contributed by atoms with van der Waals surface area (Å²) in [6.07, 6.45) is 5.28. The lowest BCUT2D eigenvalue weighted by Gasteiger charge is -2.07. The number of nitrogens with zero attached hydrogens (tertiary/aromatic N) is 2. The molecule has 0 aliphatic rings. The molecule has 0 saturated heterocycles. The van der Waals surface area contributed by atoms with Gasteiger partial charge in [-0.3, -0.25) is 4.98 Å². The number of nitrogens with one attached hydrogen (secondary N) is 1. The first kappa shape index (κ1) is 10.8. The molecule has 0 spiro atoms. The van der Waals surface area contributed by atoms with Crippen molar-refractivity contribution in [3.05, 3.63) is 23.0 Å². The van der Waals surface area contributed by atoms with E-state index in [1.807, 2.05) is 0 Å². The van der Waals surface area contributed by atoms with Crippen molar-refractivity contribution in [2.45, 2.75) is 19.8 Å². The molecule has 1 N–H and O–H groups in total. The minimum absolute atomic E-state index is 0.397. The zero-order chi connectivity index (χ0) is 10.4. The Morgan fingerprint density at radius 2 is 2.36 bits per heavy atom. The zero-order valence-electron chi connectivity index (χ0n) is 8.05. The highest BCUT2D eigenvalue weighted by Gasteiger charge is 2.05. The first-order valence-electron chi connectivity index (χ1n) is 4.57. The second-order valence-electron chi connectivity index (χ2n) is 2.94. The maximum atomic E-state index is 8.85. The summed E-state index contributed by atoms with van der Waals surface area (Å²) in [7, 11) is 0. The number of anilines is 1. The van der Waals surface area contributed by atoms with E-state index in [0.29, 0.717) is 16.3 Å². The van der Waals surface area contributed by atoms with Crippen LogP contribution in [-0.4, -0.2) is 11.5 Å². The van der Waals surface area contributed by atoms with E-state index in [1.165, 1.54) is 6.20 Å². The molecule has 0 radical (unpaired) electrons. The maximum absolute atomic E-state index is 8.85. The number of halogens is 1. The third-order valence-electron chi connectivity index (χ3n) is 1.86. The summed E-state index contributed by atoms with van der Waals surface area (Å²) in [5.74, 6) is 0. The number of nitriles is 1. The van der Waals surface area contributed by atoms with E-state index in [0.717, 1.165) is 19.4 Å². The van der Waals surface area contributed by atoms with Crippen LogP contribution in [0.25, 0.3) is 0 Å². The van der Waals surface area contributed by atoms with Crippen LogP contribution in [0.4, 0.5) is 5.69 Å². The van der Waals surface area contributed by atoms with Gasteiger partial charge in [0.15, 0.2) is 0 Å². The Balaban J connectivity index is 2.76. The van der Waals surface area contributed by atoms with E-state index in [-0.39, 0.29) is 0 Å². The molecular weight excluding hydrogens is 198 g/mol. The van der Waals surface area contributed by atoms with Crippen molar-refractivity contribution in [3.8, 4) is 6.07 Å². The summed E-state index contributed by atoms with van der Waals surface area (Å²) < 4.78 is 0. The number of rotatable bonds is 4. The predicted octanol–water partition coefficient (Wildman–Crippen LogP) is 2.82. The molecule has 3 nitrogen and oxygen atoms in total. The molecule has 0 fully saturated rings. The number of hydrogen-bond acceptors (Lipinski definition) is 3. The Morgan fingerprint density at radius 1 is 1.57 bits per heavy atom. The summed E-state index contributed by atoms with van der Waals surface area (Å²) in [4.78, 5) is 3.93. The van der Waals surface area contributed by atoms with Crippen molar-refractivity contribution in [1.29, 1.82) is 5.26 Å². The first-order chi connectivity index (χ1) is 6.79. The summed E-state index contributed by atoms with van der Waals surface area (Å²) in [6, 6.07) is 2.06. The zero-order valence-corrected chi connectivity index (χ0v) is 8.80. The molecule has 0 aliphatic carbocycles. The largest absolute Gasteiger partial charge is 0.383 e. The van der Waals surface area contributed by atoms with Gasteiger partial charge in [0.25, 0.3) is 0 Å². The topological polar surface area (TPSA) is 48.7 Å². The third-order valence-corrected chi connectivity index (χ3v) is 2.14. The van der Waals surface area contributed by atoms with Crippen molar-refractivity contribution < 1.29 is 0 Å². The normalized spacial score (nSPS) is 9.50. The lowest BCUT2D eigenvalue weighted by Crippen LogP contribution is -2.03. The van der Waals surface area contributed by atoms with Gasteiger partial charge >= 0.3 is 0 Å². The van der Waals surface area contributed by atoms with Gasteiger partial charge in [0.1, 0.15) is 6.07 Å². The maximum Gasteiger partial charge on any atom is 0.103 e. The number of unbranched alkanes of at least 4 members (excludes halogenated alkanes) is 1. The lowest BCUT2D eigenvalue weighted by molar-refractivity contribution is 0.833. The Kier molecular flexibility index (Phi) is 4.21. The SMILES string of the molecule is CCCCNc1cncc(Cl)c1C#N. The van der Waals surface area contributed by atoms with Gasteiger partial charge in [0.05, 0.1) is 22.5 Å². The minimum atomic E-state index is 0.397. The Hall–Kier alpha value is -1.27. The Morgan fingerprint density at radius 3 is 3.00 bits per heavy atom. The second kappa shape index (κ2) is 5.46. The average Bonchev–Trinajstić information content (AvgIpc) is 2.18. The van der Waals surface area contributed by atoms with Gasteiger partial charge in [-0.1, -0.05) is 24.9 Å². The fourth-order valence-corrected chi connectivity index (χ4v) is 1.28. The van der Waals surface area contributed by atoms with E-state index >= 15 is 0 Å². The highest BCUT2D eigenvalue weighted by atomic mass is 35.5. The fraction of sp³-hybridized carbons (Fsp3) is 0.400. The van der Waals surface area contributed by atoms with Crippen molar-refractivity contribution in [2.24, 2.45) is 0 Å². The van der Waals surface area contributed by atoms with Gasteiger partial charge in [0.2, 0.25) is 0 Å². The van der Waals surface area contributed by atoms with Crippen LogP contribution in [0.2, 0.25) is 5.02 Å². The van der Waals surface area contributed by atoms with E-state index < -0.39 is 0 Å². The molecule has 0 amide bonds. The molecule has 1 aromatic rings. The van der Waals surface area contributed by atoms with Gasteiger partial charge in [-0.2, -0.15) is 5.26 Å². The minimum Gasteiger partial charge on any atom is -0.383 e. The molecule has 0 bridgehead atoms. The predicted molar refractivity (Wildman–Crippen MR) is 57.4 cm³/mol. The van der Waals surface area contributed by atoms with Gasteiger partial charge in [0, 0.05) is 12.7 Å². The smallest absolute Gasteiger partial charge is 0.103 e. The highest BCUT2D eigenvalue weighted by Crippen LogP contribution is 2.21. The van der Waals surface area contributed by atoms with E-state index in [9.17, 15) is 0 Å². The summed E-state index contributed by atoms with van der Waals surface area (Å²) in [5, 5.41) is 12.4. The van der Waals surface area contributed by atoms with Crippen LogP contribution >= 0.6 is 11.6 Å². The van der Waals surface area contributed by atoms with Gasteiger partial charge < -0.3 is 5.32 Å². The molecule has 74 valence electrons. The second-order valence-corrected chi connectivity index (χ2v) is 3.34. The molecule has 0 aromatic carbocycles. The summed E-state index contributed by atoms with van der Waals surface area (Å²) in [6.45, 7) is 2.95. The van der Waals surface area contributed by atoms with Crippen LogP contribution in [0.3, 0.4) is 0 Å². The molecule has 1 heterocycles. The van der Waals surface area contributed by atoms with Crippen molar-refractivity contribution in [3.63, 3.8) is 0 Å². The standard InChI is InChI=1S/C10H12ClN3/c1-2-3-4-14-10-7-13-6-9(11)8(10)5-12/h6-7,14H,2-4H2,1H3. The van der Waals surface area contributed by atoms with E-state index in [4.69, 9.17) is 16.9 Å². The molecule has 0 saturated carbocycles. The number of aromatic nitrogens is 1. The van der Waals surface area contributed by atoms with Crippen molar-refractivity contribution in [1.82, 2.24) is 4.98 Å². The van der Waals surface area contributed by atoms with Crippen LogP contribution in [-0.2, 0) is 0 Å². The molecule has 1 rings (SSSR count). The highest BCUT2D eigenvalue weighted by molar-refractivity contribution is 6.32. The van der Waals surface area contributed by atoms with Gasteiger partial charge in [-0.05, 0) is 6.42 Å². The summed E-state index contributed by atoms with van der Waals surface area (Å²) >= 11 is 5.82.